The van der Waals surface area contributed by atoms with Crippen molar-refractivity contribution < 1.29 is 29.2 Å². The third-order valence-corrected chi connectivity index (χ3v) is 4.58. The Bertz CT molecular complexity index is 834. The van der Waals surface area contributed by atoms with Crippen LogP contribution in [0, 0.1) is 0 Å². The number of likely N-dealkylation sites (N-methyl/N-ethyl adjacent to an activating group) is 1. The van der Waals surface area contributed by atoms with E-state index in [-0.39, 0.29) is 34.8 Å². The minimum atomic E-state index is -1.32. The first-order valence-corrected chi connectivity index (χ1v) is 9.04. The van der Waals surface area contributed by atoms with Crippen LogP contribution in [-0.2, 0) is 4.74 Å². The van der Waals surface area contributed by atoms with Crippen LogP contribution in [0.4, 0.5) is 0 Å². The lowest BCUT2D eigenvalue weighted by atomic mass is 9.92. The highest BCUT2D eigenvalue weighted by Gasteiger charge is 2.32. The van der Waals surface area contributed by atoms with Gasteiger partial charge in [-0.25, -0.2) is 0 Å². The third kappa shape index (κ3) is 4.44. The van der Waals surface area contributed by atoms with E-state index in [9.17, 15) is 15.0 Å². The Labute approximate surface area is 164 Å². The number of phenolic OH excluding ortho intramolecular Hbond substituents is 1. The number of rotatable bonds is 7. The summed E-state index contributed by atoms with van der Waals surface area (Å²) in [6.45, 7) is 1.40. The maximum absolute atomic E-state index is 12.7. The fourth-order valence-electron chi connectivity index (χ4n) is 3.11. The SMILES string of the molecule is COC(O)c1cc(O)cc2c1C(=O)CC(c1ccc(OCCN(C)C)cc1)O2. The summed E-state index contributed by atoms with van der Waals surface area (Å²) < 4.78 is 16.5. The number of ether oxygens (including phenoxy) is 3. The number of phenols is 1. The zero-order valence-corrected chi connectivity index (χ0v) is 16.2. The van der Waals surface area contributed by atoms with Crippen LogP contribution in [0.5, 0.6) is 17.2 Å². The number of nitrogens with zero attached hydrogens (tertiary/aromatic N) is 1. The summed E-state index contributed by atoms with van der Waals surface area (Å²) in [6, 6.07) is 10.1. The minimum Gasteiger partial charge on any atom is -0.508 e. The molecule has 0 amide bonds. The van der Waals surface area contributed by atoms with Gasteiger partial charge in [-0.15, -0.1) is 0 Å². The standard InChI is InChI=1S/C21H25NO6/c1-22(2)8-9-27-15-6-4-13(5-7-15)18-12-17(24)20-16(21(25)26-3)10-14(23)11-19(20)28-18/h4-7,10-11,18,21,23,25H,8-9,12H2,1-3H3. The molecule has 2 aromatic rings. The zero-order chi connectivity index (χ0) is 20.3. The molecule has 2 unspecified atom stereocenters. The number of benzene rings is 2. The summed E-state index contributed by atoms with van der Waals surface area (Å²) in [7, 11) is 5.29. The molecule has 0 aliphatic carbocycles. The number of fused-ring (bicyclic) bond motifs is 1. The highest BCUT2D eigenvalue weighted by molar-refractivity contribution is 6.01. The van der Waals surface area contributed by atoms with Crippen LogP contribution in [0.15, 0.2) is 36.4 Å². The number of carbonyl (C=O) groups excluding carboxylic acids is 1. The van der Waals surface area contributed by atoms with Gasteiger partial charge in [0.25, 0.3) is 0 Å². The van der Waals surface area contributed by atoms with Crippen molar-refractivity contribution in [3.63, 3.8) is 0 Å². The fourth-order valence-corrected chi connectivity index (χ4v) is 3.11. The zero-order valence-electron chi connectivity index (χ0n) is 16.2. The Morgan fingerprint density at radius 2 is 1.96 bits per heavy atom. The van der Waals surface area contributed by atoms with Gasteiger partial charge in [-0.3, -0.25) is 4.79 Å². The van der Waals surface area contributed by atoms with E-state index in [1.807, 2.05) is 43.3 Å². The number of aromatic hydroxyl groups is 1. The van der Waals surface area contributed by atoms with E-state index in [1.54, 1.807) is 0 Å². The molecule has 7 nitrogen and oxygen atoms in total. The molecule has 2 aromatic carbocycles. The summed E-state index contributed by atoms with van der Waals surface area (Å²) in [5, 5.41) is 19.9. The Kier molecular flexibility index (Phi) is 6.18. The summed E-state index contributed by atoms with van der Waals surface area (Å²) >= 11 is 0. The molecule has 1 aliphatic heterocycles. The lowest BCUT2D eigenvalue weighted by Crippen LogP contribution is -2.23. The van der Waals surface area contributed by atoms with E-state index in [0.29, 0.717) is 6.61 Å². The minimum absolute atomic E-state index is 0.108. The van der Waals surface area contributed by atoms with E-state index >= 15 is 0 Å². The normalized spacial score (nSPS) is 17.2. The highest BCUT2D eigenvalue weighted by atomic mass is 16.6. The van der Waals surface area contributed by atoms with Gasteiger partial charge in [-0.2, -0.15) is 0 Å². The molecule has 0 fully saturated rings. The number of hydrogen-bond acceptors (Lipinski definition) is 7. The monoisotopic (exact) mass is 387 g/mol. The van der Waals surface area contributed by atoms with Crippen LogP contribution in [-0.4, -0.2) is 55.3 Å². The van der Waals surface area contributed by atoms with Crippen molar-refractivity contribution in [2.75, 3.05) is 34.4 Å². The van der Waals surface area contributed by atoms with Gasteiger partial charge in [0.05, 0.1) is 12.0 Å². The van der Waals surface area contributed by atoms with E-state index in [2.05, 4.69) is 0 Å². The molecule has 0 spiro atoms. The van der Waals surface area contributed by atoms with Gasteiger partial charge in [0.15, 0.2) is 12.1 Å². The number of ketones is 1. The molecule has 28 heavy (non-hydrogen) atoms. The first-order chi connectivity index (χ1) is 13.4. The molecule has 2 N–H and O–H groups in total. The van der Waals surface area contributed by atoms with Gasteiger partial charge in [0.2, 0.25) is 0 Å². The van der Waals surface area contributed by atoms with Gasteiger partial charge in [-0.05, 0) is 37.9 Å². The summed E-state index contributed by atoms with van der Waals surface area (Å²) in [6.07, 6.45) is -1.67. The number of Topliss-reactive ketones (excluding diaryl/α,β-unsaturated/α-hetero) is 1. The topological polar surface area (TPSA) is 88.5 Å². The molecule has 0 aromatic heterocycles. The molecular weight excluding hydrogens is 362 g/mol. The molecule has 3 rings (SSSR count). The average molecular weight is 387 g/mol. The van der Waals surface area contributed by atoms with Gasteiger partial charge < -0.3 is 29.3 Å². The molecule has 0 bridgehead atoms. The Morgan fingerprint density at radius 1 is 1.25 bits per heavy atom. The van der Waals surface area contributed by atoms with Crippen molar-refractivity contribution in [2.45, 2.75) is 18.8 Å². The summed E-state index contributed by atoms with van der Waals surface area (Å²) in [4.78, 5) is 14.8. The summed E-state index contributed by atoms with van der Waals surface area (Å²) in [5.41, 5.74) is 1.27. The molecule has 7 heteroatoms. The van der Waals surface area contributed by atoms with Crippen molar-refractivity contribution in [2.24, 2.45) is 0 Å². The van der Waals surface area contributed by atoms with Crippen molar-refractivity contribution >= 4 is 5.78 Å². The van der Waals surface area contributed by atoms with E-state index in [1.165, 1.54) is 19.2 Å². The van der Waals surface area contributed by atoms with Gasteiger partial charge in [-0.1, -0.05) is 12.1 Å². The third-order valence-electron chi connectivity index (χ3n) is 4.58. The molecule has 150 valence electrons. The molecule has 0 radical (unpaired) electrons. The van der Waals surface area contributed by atoms with Gasteiger partial charge in [0, 0.05) is 25.3 Å². The number of methoxy groups -OCH3 is 1. The quantitative estimate of drug-likeness (QED) is 0.706. The second kappa shape index (κ2) is 8.60. The van der Waals surface area contributed by atoms with Crippen LogP contribution in [0.1, 0.15) is 40.3 Å². The Balaban J connectivity index is 1.78. The van der Waals surface area contributed by atoms with E-state index in [4.69, 9.17) is 14.2 Å². The Hall–Kier alpha value is -2.61. The average Bonchev–Trinajstić information content (AvgIpc) is 2.66. The predicted molar refractivity (Wildman–Crippen MR) is 103 cm³/mol. The van der Waals surface area contributed by atoms with Gasteiger partial charge >= 0.3 is 0 Å². The van der Waals surface area contributed by atoms with E-state index in [0.717, 1.165) is 17.9 Å². The van der Waals surface area contributed by atoms with Crippen molar-refractivity contribution in [1.82, 2.24) is 4.90 Å². The van der Waals surface area contributed by atoms with E-state index < -0.39 is 12.4 Å². The van der Waals surface area contributed by atoms with Crippen LogP contribution in [0.25, 0.3) is 0 Å². The fraction of sp³-hybridized carbons (Fsp3) is 0.381. The number of hydrogen-bond donors (Lipinski definition) is 2. The second-order valence-corrected chi connectivity index (χ2v) is 6.95. The molecular formula is C21H25NO6. The van der Waals surface area contributed by atoms with Crippen LogP contribution in [0.2, 0.25) is 0 Å². The highest BCUT2D eigenvalue weighted by Crippen LogP contribution is 2.41. The van der Waals surface area contributed by atoms with Crippen LogP contribution < -0.4 is 9.47 Å². The number of carbonyl (C=O) groups is 1. The largest absolute Gasteiger partial charge is 0.508 e. The van der Waals surface area contributed by atoms with Gasteiger partial charge in [0.1, 0.15) is 30.0 Å². The smallest absolute Gasteiger partial charge is 0.181 e. The molecule has 0 saturated heterocycles. The molecule has 1 heterocycles. The maximum Gasteiger partial charge on any atom is 0.181 e. The molecule has 0 saturated carbocycles. The summed E-state index contributed by atoms with van der Waals surface area (Å²) in [5.74, 6) is 0.696. The van der Waals surface area contributed by atoms with Crippen molar-refractivity contribution in [3.05, 3.63) is 53.1 Å². The van der Waals surface area contributed by atoms with Crippen molar-refractivity contribution in [1.29, 1.82) is 0 Å². The molecule has 1 aliphatic rings. The van der Waals surface area contributed by atoms with Crippen molar-refractivity contribution in [3.8, 4) is 17.2 Å². The number of aliphatic hydroxyl groups is 1. The second-order valence-electron chi connectivity index (χ2n) is 6.95. The lowest BCUT2D eigenvalue weighted by Gasteiger charge is -2.28. The lowest BCUT2D eigenvalue weighted by molar-refractivity contribution is -0.0777. The maximum atomic E-state index is 12.7. The van der Waals surface area contributed by atoms with Crippen LogP contribution in [0.3, 0.4) is 0 Å². The predicted octanol–water partition coefficient (Wildman–Crippen LogP) is 2.68. The number of aliphatic hydroxyl groups excluding tert-OH is 1. The Morgan fingerprint density at radius 3 is 2.61 bits per heavy atom. The molecule has 2 atom stereocenters. The first-order valence-electron chi connectivity index (χ1n) is 9.04. The van der Waals surface area contributed by atoms with Crippen LogP contribution >= 0.6 is 0 Å². The first kappa shape index (κ1) is 20.1.